The zero-order valence-electron chi connectivity index (χ0n) is 17.5. The van der Waals surface area contributed by atoms with Crippen LogP contribution in [0.3, 0.4) is 0 Å². The third-order valence-corrected chi connectivity index (χ3v) is 5.78. The van der Waals surface area contributed by atoms with Gasteiger partial charge < -0.3 is 23.7 Å². The van der Waals surface area contributed by atoms with Crippen LogP contribution in [0.4, 0.5) is 0 Å². The van der Waals surface area contributed by atoms with E-state index in [1.807, 2.05) is 24.3 Å². The molecule has 3 rings (SSSR count). The number of rotatable bonds is 7. The molecule has 4 atom stereocenters. The highest BCUT2D eigenvalue weighted by Crippen LogP contribution is 2.52. The lowest BCUT2D eigenvalue weighted by Crippen LogP contribution is -2.13. The maximum atomic E-state index is 6.60. The van der Waals surface area contributed by atoms with Crippen molar-refractivity contribution >= 4 is 0 Å². The normalized spacial score (nSPS) is 24.1. The highest BCUT2D eigenvalue weighted by atomic mass is 16.5. The van der Waals surface area contributed by atoms with Crippen molar-refractivity contribution in [2.75, 3.05) is 28.4 Å². The van der Waals surface area contributed by atoms with E-state index in [1.165, 1.54) is 0 Å². The van der Waals surface area contributed by atoms with Crippen LogP contribution >= 0.6 is 0 Å². The minimum atomic E-state index is -0.0112. The summed E-state index contributed by atoms with van der Waals surface area (Å²) in [6.07, 6.45) is 1.02. The molecule has 28 heavy (non-hydrogen) atoms. The molecule has 0 aromatic heterocycles. The quantitative estimate of drug-likeness (QED) is 0.655. The fourth-order valence-corrected chi connectivity index (χ4v) is 4.24. The second-order valence-corrected chi connectivity index (χ2v) is 7.14. The Labute approximate surface area is 167 Å². The second kappa shape index (κ2) is 8.74. The van der Waals surface area contributed by atoms with Crippen molar-refractivity contribution < 1.29 is 23.7 Å². The van der Waals surface area contributed by atoms with Crippen molar-refractivity contribution in [3.63, 3.8) is 0 Å². The average molecular weight is 386 g/mol. The Balaban J connectivity index is 1.94. The van der Waals surface area contributed by atoms with Crippen molar-refractivity contribution in [3.05, 3.63) is 47.5 Å². The van der Waals surface area contributed by atoms with Crippen LogP contribution < -0.4 is 18.9 Å². The molecule has 5 heteroatoms. The van der Waals surface area contributed by atoms with Crippen LogP contribution in [-0.4, -0.2) is 28.4 Å². The van der Waals surface area contributed by atoms with Gasteiger partial charge in [-0.1, -0.05) is 32.4 Å². The van der Waals surface area contributed by atoms with Crippen LogP contribution in [0, 0.1) is 11.8 Å². The summed E-state index contributed by atoms with van der Waals surface area (Å²) in [6.45, 7) is 4.48. The van der Waals surface area contributed by atoms with Crippen LogP contribution in [0.2, 0.25) is 0 Å². The number of benzene rings is 2. The van der Waals surface area contributed by atoms with Gasteiger partial charge in [0.1, 0.15) is 0 Å². The Hall–Kier alpha value is -2.40. The molecule has 0 bridgehead atoms. The van der Waals surface area contributed by atoms with Crippen LogP contribution in [0.15, 0.2) is 36.4 Å². The lowest BCUT2D eigenvalue weighted by Gasteiger charge is -2.20. The average Bonchev–Trinajstić information content (AvgIpc) is 3.08. The molecule has 0 spiro atoms. The minimum absolute atomic E-state index is 0.00194. The second-order valence-electron chi connectivity index (χ2n) is 7.14. The van der Waals surface area contributed by atoms with Gasteiger partial charge in [0, 0.05) is 0 Å². The first-order valence-electron chi connectivity index (χ1n) is 9.67. The van der Waals surface area contributed by atoms with Gasteiger partial charge in [-0.05, 0) is 47.2 Å². The lowest BCUT2D eigenvalue weighted by molar-refractivity contribution is 0.0272. The van der Waals surface area contributed by atoms with Gasteiger partial charge in [0.2, 0.25) is 0 Å². The lowest BCUT2D eigenvalue weighted by atomic mass is 9.82. The Bertz CT molecular complexity index is 804. The van der Waals surface area contributed by atoms with Crippen molar-refractivity contribution in [1.29, 1.82) is 0 Å². The van der Waals surface area contributed by atoms with E-state index in [1.54, 1.807) is 28.4 Å². The third-order valence-electron chi connectivity index (χ3n) is 5.78. The van der Waals surface area contributed by atoms with E-state index in [0.29, 0.717) is 11.8 Å². The van der Waals surface area contributed by atoms with Gasteiger partial charge in [-0.25, -0.2) is 0 Å². The number of methoxy groups -OCH3 is 4. The maximum absolute atomic E-state index is 6.60. The molecule has 152 valence electrons. The number of hydrogen-bond acceptors (Lipinski definition) is 5. The summed E-state index contributed by atoms with van der Waals surface area (Å²) < 4.78 is 28.3. The summed E-state index contributed by atoms with van der Waals surface area (Å²) in [5, 5.41) is 0. The van der Waals surface area contributed by atoms with Gasteiger partial charge in [0.25, 0.3) is 0 Å². The SMILES string of the molecule is CCC1C(c2ccc(OC)c(OC)c2)OC(c2ccc(OC)c(OC)c2)C1C. The van der Waals surface area contributed by atoms with Crippen LogP contribution in [-0.2, 0) is 4.74 Å². The molecule has 1 fully saturated rings. The topological polar surface area (TPSA) is 46.2 Å². The molecule has 1 aliphatic rings. The van der Waals surface area contributed by atoms with E-state index in [2.05, 4.69) is 26.0 Å². The largest absolute Gasteiger partial charge is 0.493 e. The van der Waals surface area contributed by atoms with Gasteiger partial charge in [0.05, 0.1) is 40.6 Å². The molecule has 1 heterocycles. The Morgan fingerprint density at radius 2 is 1.18 bits per heavy atom. The molecular formula is C23H30O5. The third kappa shape index (κ3) is 3.63. The smallest absolute Gasteiger partial charge is 0.161 e. The van der Waals surface area contributed by atoms with E-state index >= 15 is 0 Å². The number of ether oxygens (including phenoxy) is 5. The first-order valence-corrected chi connectivity index (χ1v) is 9.67. The predicted molar refractivity (Wildman–Crippen MR) is 109 cm³/mol. The highest BCUT2D eigenvalue weighted by molar-refractivity contribution is 5.45. The van der Waals surface area contributed by atoms with Crippen molar-refractivity contribution in [3.8, 4) is 23.0 Å². The molecule has 0 aliphatic carbocycles. The van der Waals surface area contributed by atoms with Gasteiger partial charge in [-0.2, -0.15) is 0 Å². The Morgan fingerprint density at radius 1 is 0.714 bits per heavy atom. The first-order chi connectivity index (χ1) is 13.6. The summed E-state index contributed by atoms with van der Waals surface area (Å²) in [4.78, 5) is 0. The predicted octanol–water partition coefficient (Wildman–Crippen LogP) is 5.20. The van der Waals surface area contributed by atoms with Crippen molar-refractivity contribution in [1.82, 2.24) is 0 Å². The first kappa shape index (κ1) is 20.3. The summed E-state index contributed by atoms with van der Waals surface area (Å²) in [6, 6.07) is 12.1. The zero-order chi connectivity index (χ0) is 20.3. The molecule has 2 aromatic carbocycles. The van der Waals surface area contributed by atoms with Crippen LogP contribution in [0.5, 0.6) is 23.0 Å². The standard InChI is InChI=1S/C23H30O5/c1-7-17-14(2)22(15-8-10-18(24-3)20(12-15)26-5)28-23(17)16-9-11-19(25-4)21(13-16)27-6/h8-14,17,22-23H,7H2,1-6H3. The summed E-state index contributed by atoms with van der Waals surface area (Å²) in [5.41, 5.74) is 2.21. The van der Waals surface area contributed by atoms with Crippen molar-refractivity contribution in [2.45, 2.75) is 32.5 Å². The van der Waals surface area contributed by atoms with Crippen LogP contribution in [0.1, 0.15) is 43.6 Å². The van der Waals surface area contributed by atoms with E-state index in [0.717, 1.165) is 40.5 Å². The molecule has 1 saturated heterocycles. The van der Waals surface area contributed by atoms with Gasteiger partial charge in [0.15, 0.2) is 23.0 Å². The molecule has 0 radical (unpaired) electrons. The van der Waals surface area contributed by atoms with E-state index in [4.69, 9.17) is 23.7 Å². The zero-order valence-corrected chi connectivity index (χ0v) is 17.5. The van der Waals surface area contributed by atoms with E-state index < -0.39 is 0 Å². The molecule has 5 nitrogen and oxygen atoms in total. The van der Waals surface area contributed by atoms with Crippen LogP contribution in [0.25, 0.3) is 0 Å². The maximum Gasteiger partial charge on any atom is 0.161 e. The fraction of sp³-hybridized carbons (Fsp3) is 0.478. The number of hydrogen-bond donors (Lipinski definition) is 0. The molecule has 1 aliphatic heterocycles. The minimum Gasteiger partial charge on any atom is -0.493 e. The molecule has 0 N–H and O–H groups in total. The molecule has 4 unspecified atom stereocenters. The molecule has 2 aromatic rings. The fourth-order valence-electron chi connectivity index (χ4n) is 4.24. The monoisotopic (exact) mass is 386 g/mol. The van der Waals surface area contributed by atoms with E-state index in [9.17, 15) is 0 Å². The molecule has 0 saturated carbocycles. The summed E-state index contributed by atoms with van der Waals surface area (Å²) >= 11 is 0. The van der Waals surface area contributed by atoms with Gasteiger partial charge in [-0.3, -0.25) is 0 Å². The summed E-state index contributed by atoms with van der Waals surface area (Å²) in [5.74, 6) is 3.65. The Morgan fingerprint density at radius 3 is 1.61 bits per heavy atom. The van der Waals surface area contributed by atoms with Gasteiger partial charge in [-0.15, -0.1) is 0 Å². The van der Waals surface area contributed by atoms with Gasteiger partial charge >= 0.3 is 0 Å². The molecule has 0 amide bonds. The Kier molecular flexibility index (Phi) is 6.35. The van der Waals surface area contributed by atoms with E-state index in [-0.39, 0.29) is 12.2 Å². The highest BCUT2D eigenvalue weighted by Gasteiger charge is 2.42. The van der Waals surface area contributed by atoms with Crippen molar-refractivity contribution in [2.24, 2.45) is 11.8 Å². The molecular weight excluding hydrogens is 356 g/mol. The summed E-state index contributed by atoms with van der Waals surface area (Å²) in [7, 11) is 6.60.